The Morgan fingerprint density at radius 2 is 1.95 bits per heavy atom. The van der Waals surface area contributed by atoms with Gasteiger partial charge in [0.1, 0.15) is 6.33 Å². The summed E-state index contributed by atoms with van der Waals surface area (Å²) in [6.45, 7) is 3.62. The molecule has 0 bridgehead atoms. The molecule has 1 saturated heterocycles. The fourth-order valence-electron chi connectivity index (χ4n) is 2.30. The van der Waals surface area contributed by atoms with Crippen molar-refractivity contribution in [2.75, 3.05) is 38.2 Å². The molecular weight excluding hydrogens is 308 g/mol. The average molecular weight is 323 g/mol. The number of rotatable bonds is 1. The van der Waals surface area contributed by atoms with Gasteiger partial charge in [-0.3, -0.25) is 4.79 Å². The smallest absolute Gasteiger partial charge is 0.279 e. The Balaban J connectivity index is 2.03. The molecule has 0 N–H and O–H groups in total. The van der Waals surface area contributed by atoms with Crippen LogP contribution < -0.4 is 10.6 Å². The molecule has 5 nitrogen and oxygen atoms in total. The number of hydrogen-bond donors (Lipinski definition) is 0. The molecule has 1 aliphatic rings. The zero-order valence-electron chi connectivity index (χ0n) is 10.7. The molecule has 0 unspecified atom stereocenters. The van der Waals surface area contributed by atoms with Crippen molar-refractivity contribution in [3.05, 3.63) is 39.4 Å². The Bertz CT molecular complexity index is 661. The molecule has 6 heteroatoms. The van der Waals surface area contributed by atoms with Gasteiger partial charge in [-0.25, -0.2) is 9.66 Å². The third kappa shape index (κ3) is 2.37. The van der Waals surface area contributed by atoms with E-state index in [0.29, 0.717) is 5.39 Å². The van der Waals surface area contributed by atoms with Gasteiger partial charge < -0.3 is 9.91 Å². The number of hydrogen-bond acceptors (Lipinski definition) is 4. The Kier molecular flexibility index (Phi) is 3.28. The maximum absolute atomic E-state index is 12.5. The number of fused-ring (bicyclic) bond motifs is 1. The van der Waals surface area contributed by atoms with E-state index < -0.39 is 0 Å². The number of aromatic nitrogens is 2. The fraction of sp³-hybridized carbons (Fsp3) is 0.385. The Labute approximate surface area is 119 Å². The summed E-state index contributed by atoms with van der Waals surface area (Å²) in [6, 6.07) is 5.56. The van der Waals surface area contributed by atoms with E-state index in [-0.39, 0.29) is 5.56 Å². The minimum absolute atomic E-state index is 0.00190. The van der Waals surface area contributed by atoms with Gasteiger partial charge >= 0.3 is 0 Å². The standard InChI is InChI=1S/C13H15BrN4O/c1-16-4-6-17(7-5-16)18-9-15-12-8-10(14)2-3-11(12)13(18)19/h2-3,8-9H,4-7H2,1H3. The molecule has 100 valence electrons. The molecule has 0 radical (unpaired) electrons. The second-order valence-electron chi connectivity index (χ2n) is 4.81. The van der Waals surface area contributed by atoms with Crippen LogP contribution in [0.1, 0.15) is 0 Å². The second-order valence-corrected chi connectivity index (χ2v) is 5.73. The van der Waals surface area contributed by atoms with E-state index in [0.717, 1.165) is 36.2 Å². The van der Waals surface area contributed by atoms with Gasteiger partial charge in [0.25, 0.3) is 5.56 Å². The molecule has 0 atom stereocenters. The van der Waals surface area contributed by atoms with Crippen LogP contribution in [0.5, 0.6) is 0 Å². The number of halogens is 1. The quantitative estimate of drug-likeness (QED) is 0.786. The molecule has 0 saturated carbocycles. The predicted molar refractivity (Wildman–Crippen MR) is 79.2 cm³/mol. The van der Waals surface area contributed by atoms with Crippen molar-refractivity contribution in [2.24, 2.45) is 0 Å². The van der Waals surface area contributed by atoms with E-state index in [4.69, 9.17) is 0 Å². The maximum atomic E-state index is 12.5. The van der Waals surface area contributed by atoms with Gasteiger partial charge in [0.2, 0.25) is 0 Å². The van der Waals surface area contributed by atoms with E-state index >= 15 is 0 Å². The minimum atomic E-state index is 0.00190. The van der Waals surface area contributed by atoms with E-state index in [9.17, 15) is 4.79 Å². The first-order valence-electron chi connectivity index (χ1n) is 6.26. The lowest BCUT2D eigenvalue weighted by Gasteiger charge is -2.34. The first-order valence-corrected chi connectivity index (χ1v) is 7.05. The molecule has 0 spiro atoms. The highest BCUT2D eigenvalue weighted by Gasteiger charge is 2.16. The van der Waals surface area contributed by atoms with E-state index in [1.54, 1.807) is 11.0 Å². The highest BCUT2D eigenvalue weighted by molar-refractivity contribution is 9.10. The normalized spacial score (nSPS) is 17.1. The predicted octanol–water partition coefficient (Wildman–Crippen LogP) is 1.04. The van der Waals surface area contributed by atoms with Crippen molar-refractivity contribution in [1.29, 1.82) is 0 Å². The summed E-state index contributed by atoms with van der Waals surface area (Å²) >= 11 is 3.39. The summed E-state index contributed by atoms with van der Waals surface area (Å²) in [6.07, 6.45) is 1.63. The van der Waals surface area contributed by atoms with E-state index in [1.165, 1.54) is 0 Å². The van der Waals surface area contributed by atoms with Crippen LogP contribution in [0.15, 0.2) is 33.8 Å². The van der Waals surface area contributed by atoms with E-state index in [2.05, 4.69) is 37.9 Å². The molecular formula is C13H15BrN4O. The monoisotopic (exact) mass is 322 g/mol. The summed E-state index contributed by atoms with van der Waals surface area (Å²) < 4.78 is 2.58. The highest BCUT2D eigenvalue weighted by atomic mass is 79.9. The van der Waals surface area contributed by atoms with Crippen LogP contribution in [0.3, 0.4) is 0 Å². The van der Waals surface area contributed by atoms with Crippen LogP contribution in [0.25, 0.3) is 10.9 Å². The van der Waals surface area contributed by atoms with Crippen molar-refractivity contribution in [2.45, 2.75) is 0 Å². The molecule has 2 heterocycles. The molecule has 1 fully saturated rings. The van der Waals surface area contributed by atoms with Crippen LogP contribution in [0.2, 0.25) is 0 Å². The molecule has 0 aliphatic carbocycles. The summed E-state index contributed by atoms with van der Waals surface area (Å²) in [5.74, 6) is 0. The van der Waals surface area contributed by atoms with Crippen molar-refractivity contribution >= 4 is 26.8 Å². The highest BCUT2D eigenvalue weighted by Crippen LogP contribution is 2.15. The molecule has 2 aromatic rings. The Morgan fingerprint density at radius 3 is 2.68 bits per heavy atom. The number of benzene rings is 1. The van der Waals surface area contributed by atoms with Gasteiger partial charge in [-0.1, -0.05) is 15.9 Å². The van der Waals surface area contributed by atoms with Gasteiger partial charge in [0.15, 0.2) is 0 Å². The lowest BCUT2D eigenvalue weighted by molar-refractivity contribution is 0.285. The van der Waals surface area contributed by atoms with Crippen LogP contribution in [-0.4, -0.2) is 47.8 Å². The third-order valence-corrected chi connectivity index (χ3v) is 3.98. The average Bonchev–Trinajstić information content (AvgIpc) is 2.40. The summed E-state index contributed by atoms with van der Waals surface area (Å²) in [4.78, 5) is 19.1. The maximum Gasteiger partial charge on any atom is 0.279 e. The lowest BCUT2D eigenvalue weighted by atomic mass is 10.2. The Morgan fingerprint density at radius 1 is 1.21 bits per heavy atom. The van der Waals surface area contributed by atoms with E-state index in [1.807, 2.05) is 18.2 Å². The topological polar surface area (TPSA) is 41.4 Å². The summed E-state index contributed by atoms with van der Waals surface area (Å²) in [7, 11) is 2.09. The molecule has 1 aliphatic heterocycles. The van der Waals surface area contributed by atoms with Crippen LogP contribution in [0.4, 0.5) is 0 Å². The Hall–Kier alpha value is -1.40. The van der Waals surface area contributed by atoms with Gasteiger partial charge in [0.05, 0.1) is 10.9 Å². The van der Waals surface area contributed by atoms with Crippen molar-refractivity contribution < 1.29 is 0 Å². The van der Waals surface area contributed by atoms with Crippen LogP contribution in [0, 0.1) is 0 Å². The van der Waals surface area contributed by atoms with Crippen LogP contribution in [-0.2, 0) is 0 Å². The zero-order chi connectivity index (χ0) is 13.4. The molecule has 1 aromatic heterocycles. The molecule has 0 amide bonds. The fourth-order valence-corrected chi connectivity index (χ4v) is 2.65. The van der Waals surface area contributed by atoms with Gasteiger partial charge in [0, 0.05) is 30.7 Å². The largest absolute Gasteiger partial charge is 0.306 e. The molecule has 19 heavy (non-hydrogen) atoms. The number of nitrogens with zero attached hydrogens (tertiary/aromatic N) is 4. The van der Waals surface area contributed by atoms with Crippen molar-refractivity contribution in [1.82, 2.24) is 14.6 Å². The van der Waals surface area contributed by atoms with Gasteiger partial charge in [-0.15, -0.1) is 0 Å². The number of piperazine rings is 1. The summed E-state index contributed by atoms with van der Waals surface area (Å²) in [5, 5.41) is 2.71. The molecule has 1 aromatic carbocycles. The third-order valence-electron chi connectivity index (χ3n) is 3.49. The summed E-state index contributed by atoms with van der Waals surface area (Å²) in [5.41, 5.74) is 0.729. The SMILES string of the molecule is CN1CCN(n2cnc3cc(Br)ccc3c2=O)CC1. The minimum Gasteiger partial charge on any atom is -0.306 e. The van der Waals surface area contributed by atoms with Crippen molar-refractivity contribution in [3.63, 3.8) is 0 Å². The van der Waals surface area contributed by atoms with Crippen LogP contribution >= 0.6 is 15.9 Å². The molecule has 3 rings (SSSR count). The van der Waals surface area contributed by atoms with Crippen molar-refractivity contribution in [3.8, 4) is 0 Å². The van der Waals surface area contributed by atoms with Gasteiger partial charge in [-0.2, -0.15) is 0 Å². The second kappa shape index (κ2) is 4.94. The lowest BCUT2D eigenvalue weighted by Crippen LogP contribution is -2.53. The number of likely N-dealkylation sites (N-methyl/N-ethyl adjacent to an activating group) is 1. The van der Waals surface area contributed by atoms with Gasteiger partial charge in [-0.05, 0) is 25.2 Å². The zero-order valence-corrected chi connectivity index (χ0v) is 12.3. The first kappa shape index (κ1) is 12.6. The first-order chi connectivity index (χ1) is 9.15.